The molecule has 4 rings (SSSR count). The van der Waals surface area contributed by atoms with Gasteiger partial charge in [0.25, 0.3) is 0 Å². The number of fused-ring (bicyclic) bond motifs is 1. The van der Waals surface area contributed by atoms with Crippen molar-refractivity contribution in [2.24, 2.45) is 0 Å². The summed E-state index contributed by atoms with van der Waals surface area (Å²) in [5.41, 5.74) is 2.11. The highest BCUT2D eigenvalue weighted by atomic mass is 35.5. The van der Waals surface area contributed by atoms with E-state index in [1.807, 2.05) is 41.1 Å². The predicted octanol–water partition coefficient (Wildman–Crippen LogP) is 4.75. The van der Waals surface area contributed by atoms with Gasteiger partial charge < -0.3 is 14.8 Å². The Morgan fingerprint density at radius 2 is 1.78 bits per heavy atom. The first kappa shape index (κ1) is 17.9. The van der Waals surface area contributed by atoms with E-state index in [1.54, 1.807) is 20.5 Å². The standard InChI is InChI=1S/C19H18Cl2N4O2/c1-26-17-6-4-12(8-18(17)27-2)16-9-15(24-19-22-10-23-25(16)19)11-3-5-13(20)14(21)7-11/h3-8,10,15-16H,9H2,1-2H3,(H,22,23,24)/t15-,16+/m0/s1. The molecule has 8 heteroatoms. The van der Waals surface area contributed by atoms with Crippen LogP contribution in [0.25, 0.3) is 0 Å². The maximum atomic E-state index is 6.22. The van der Waals surface area contributed by atoms with Gasteiger partial charge in [-0.3, -0.25) is 0 Å². The summed E-state index contributed by atoms with van der Waals surface area (Å²) in [7, 11) is 3.25. The lowest BCUT2D eigenvalue weighted by atomic mass is 9.93. The van der Waals surface area contributed by atoms with E-state index < -0.39 is 0 Å². The zero-order valence-corrected chi connectivity index (χ0v) is 16.3. The summed E-state index contributed by atoms with van der Waals surface area (Å²) in [5.74, 6) is 2.08. The zero-order valence-electron chi connectivity index (χ0n) is 14.8. The van der Waals surface area contributed by atoms with Crippen molar-refractivity contribution in [1.82, 2.24) is 14.8 Å². The summed E-state index contributed by atoms with van der Waals surface area (Å²) in [6.45, 7) is 0. The van der Waals surface area contributed by atoms with Crippen LogP contribution in [0.4, 0.5) is 5.95 Å². The molecule has 0 unspecified atom stereocenters. The fourth-order valence-electron chi connectivity index (χ4n) is 3.41. The van der Waals surface area contributed by atoms with Crippen LogP contribution in [-0.4, -0.2) is 29.0 Å². The molecule has 1 aliphatic heterocycles. The number of aromatic nitrogens is 3. The Kier molecular flexibility index (Phi) is 4.85. The van der Waals surface area contributed by atoms with Crippen molar-refractivity contribution in [3.63, 3.8) is 0 Å². The third-order valence-corrected chi connectivity index (χ3v) is 5.51. The first-order valence-electron chi connectivity index (χ1n) is 8.43. The fourth-order valence-corrected chi connectivity index (χ4v) is 3.71. The van der Waals surface area contributed by atoms with E-state index in [2.05, 4.69) is 15.4 Å². The minimum absolute atomic E-state index is 0.0111. The van der Waals surface area contributed by atoms with Crippen LogP contribution >= 0.6 is 23.2 Å². The highest BCUT2D eigenvalue weighted by Gasteiger charge is 2.30. The summed E-state index contributed by atoms with van der Waals surface area (Å²) in [6, 6.07) is 11.6. The van der Waals surface area contributed by atoms with Crippen molar-refractivity contribution in [2.45, 2.75) is 18.5 Å². The number of nitrogens with one attached hydrogen (secondary N) is 1. The molecule has 1 N–H and O–H groups in total. The topological polar surface area (TPSA) is 61.2 Å². The van der Waals surface area contributed by atoms with E-state index in [4.69, 9.17) is 32.7 Å². The molecule has 1 aliphatic rings. The molecule has 0 spiro atoms. The number of anilines is 1. The quantitative estimate of drug-likeness (QED) is 0.679. The maximum absolute atomic E-state index is 6.22. The van der Waals surface area contributed by atoms with E-state index >= 15 is 0 Å². The molecule has 0 fully saturated rings. The smallest absolute Gasteiger partial charge is 0.222 e. The number of benzene rings is 2. The molecule has 0 amide bonds. The van der Waals surface area contributed by atoms with Crippen LogP contribution in [0.3, 0.4) is 0 Å². The lowest BCUT2D eigenvalue weighted by Crippen LogP contribution is -2.28. The second kappa shape index (κ2) is 7.29. The molecule has 2 heterocycles. The van der Waals surface area contributed by atoms with Crippen molar-refractivity contribution in [3.05, 3.63) is 63.9 Å². The molecular formula is C19H18Cl2N4O2. The maximum Gasteiger partial charge on any atom is 0.222 e. The third kappa shape index (κ3) is 3.31. The van der Waals surface area contributed by atoms with Crippen LogP contribution in [0, 0.1) is 0 Å². The monoisotopic (exact) mass is 404 g/mol. The fraction of sp³-hybridized carbons (Fsp3) is 0.263. The highest BCUT2D eigenvalue weighted by Crippen LogP contribution is 2.40. The van der Waals surface area contributed by atoms with Crippen LogP contribution in [-0.2, 0) is 0 Å². The van der Waals surface area contributed by atoms with Gasteiger partial charge in [-0.2, -0.15) is 10.1 Å². The van der Waals surface area contributed by atoms with Crippen LogP contribution in [0.5, 0.6) is 11.5 Å². The third-order valence-electron chi connectivity index (χ3n) is 4.77. The second-order valence-electron chi connectivity index (χ2n) is 6.26. The van der Waals surface area contributed by atoms with E-state index in [0.717, 1.165) is 17.5 Å². The average Bonchev–Trinajstić information content (AvgIpc) is 3.17. The minimum atomic E-state index is -0.0111. The molecule has 1 aromatic heterocycles. The Morgan fingerprint density at radius 1 is 1.00 bits per heavy atom. The number of nitrogens with zero attached hydrogens (tertiary/aromatic N) is 3. The Morgan fingerprint density at radius 3 is 2.52 bits per heavy atom. The van der Waals surface area contributed by atoms with E-state index in [-0.39, 0.29) is 12.1 Å². The van der Waals surface area contributed by atoms with Crippen molar-refractivity contribution >= 4 is 29.2 Å². The number of hydrogen-bond acceptors (Lipinski definition) is 5. The normalized spacial score (nSPS) is 18.5. The van der Waals surface area contributed by atoms with Gasteiger partial charge in [-0.1, -0.05) is 35.3 Å². The molecule has 27 heavy (non-hydrogen) atoms. The van der Waals surface area contributed by atoms with Crippen molar-refractivity contribution in [1.29, 1.82) is 0 Å². The summed E-state index contributed by atoms with van der Waals surface area (Å²) in [6.07, 6.45) is 2.32. The summed E-state index contributed by atoms with van der Waals surface area (Å²) >= 11 is 12.3. The van der Waals surface area contributed by atoms with Gasteiger partial charge in [-0.05, 0) is 41.8 Å². The highest BCUT2D eigenvalue weighted by molar-refractivity contribution is 6.42. The average molecular weight is 405 g/mol. The van der Waals surface area contributed by atoms with E-state index in [0.29, 0.717) is 27.5 Å². The van der Waals surface area contributed by atoms with Crippen molar-refractivity contribution in [2.75, 3.05) is 19.5 Å². The second-order valence-corrected chi connectivity index (χ2v) is 7.08. The SMILES string of the molecule is COc1ccc([C@H]2C[C@@H](c3ccc(Cl)c(Cl)c3)Nc3ncnn32)cc1OC. The molecule has 0 aliphatic carbocycles. The van der Waals surface area contributed by atoms with Gasteiger partial charge in [0.05, 0.1) is 36.3 Å². The molecule has 2 aromatic carbocycles. The number of methoxy groups -OCH3 is 2. The molecule has 0 radical (unpaired) electrons. The Balaban J connectivity index is 1.73. The lowest BCUT2D eigenvalue weighted by Gasteiger charge is -2.32. The summed E-state index contributed by atoms with van der Waals surface area (Å²) < 4.78 is 12.7. The van der Waals surface area contributed by atoms with Gasteiger partial charge in [0, 0.05) is 0 Å². The molecule has 0 bridgehead atoms. The largest absolute Gasteiger partial charge is 0.493 e. The first-order valence-corrected chi connectivity index (χ1v) is 9.19. The van der Waals surface area contributed by atoms with Gasteiger partial charge >= 0.3 is 0 Å². The molecular weight excluding hydrogens is 387 g/mol. The molecule has 0 saturated carbocycles. The number of ether oxygens (including phenoxy) is 2. The summed E-state index contributed by atoms with van der Waals surface area (Å²) in [4.78, 5) is 4.35. The number of halogens is 2. The Bertz CT molecular complexity index is 976. The van der Waals surface area contributed by atoms with Crippen molar-refractivity contribution < 1.29 is 9.47 Å². The van der Waals surface area contributed by atoms with Gasteiger partial charge in [-0.15, -0.1) is 0 Å². The van der Waals surface area contributed by atoms with Gasteiger partial charge in [0.2, 0.25) is 5.95 Å². The van der Waals surface area contributed by atoms with Gasteiger partial charge in [0.15, 0.2) is 11.5 Å². The van der Waals surface area contributed by atoms with Crippen LogP contribution in [0.15, 0.2) is 42.7 Å². The molecule has 6 nitrogen and oxygen atoms in total. The van der Waals surface area contributed by atoms with Gasteiger partial charge in [0.1, 0.15) is 6.33 Å². The molecule has 0 saturated heterocycles. The lowest BCUT2D eigenvalue weighted by molar-refractivity contribution is 0.352. The van der Waals surface area contributed by atoms with Crippen LogP contribution in [0.1, 0.15) is 29.6 Å². The van der Waals surface area contributed by atoms with E-state index in [9.17, 15) is 0 Å². The first-order chi connectivity index (χ1) is 13.1. The molecule has 2 atom stereocenters. The predicted molar refractivity (Wildman–Crippen MR) is 105 cm³/mol. The van der Waals surface area contributed by atoms with Crippen LogP contribution < -0.4 is 14.8 Å². The van der Waals surface area contributed by atoms with Crippen molar-refractivity contribution in [3.8, 4) is 11.5 Å². The summed E-state index contributed by atoms with van der Waals surface area (Å²) in [5, 5.41) is 8.89. The Hall–Kier alpha value is -2.44. The minimum Gasteiger partial charge on any atom is -0.493 e. The van der Waals surface area contributed by atoms with Crippen LogP contribution in [0.2, 0.25) is 10.0 Å². The van der Waals surface area contributed by atoms with Gasteiger partial charge in [-0.25, -0.2) is 4.68 Å². The zero-order chi connectivity index (χ0) is 19.0. The number of rotatable bonds is 4. The molecule has 140 valence electrons. The van der Waals surface area contributed by atoms with E-state index in [1.165, 1.54) is 0 Å². The number of hydrogen-bond donors (Lipinski definition) is 1. The Labute approximate surface area is 167 Å². The molecule has 3 aromatic rings.